The van der Waals surface area contributed by atoms with Gasteiger partial charge in [0.05, 0.1) is 13.7 Å². The molecule has 4 nitrogen and oxygen atoms in total. The van der Waals surface area contributed by atoms with E-state index in [1.54, 1.807) is 7.11 Å². The third kappa shape index (κ3) is 1.70. The van der Waals surface area contributed by atoms with Gasteiger partial charge in [0.2, 0.25) is 5.90 Å². The zero-order chi connectivity index (χ0) is 11.6. The van der Waals surface area contributed by atoms with E-state index in [2.05, 4.69) is 0 Å². The summed E-state index contributed by atoms with van der Waals surface area (Å²) in [5, 5.41) is 7.76. The van der Waals surface area contributed by atoms with Crippen molar-refractivity contribution in [3.8, 4) is 0 Å². The predicted octanol–water partition coefficient (Wildman–Crippen LogP) is 1.77. The summed E-state index contributed by atoms with van der Waals surface area (Å²) >= 11 is 0. The third-order valence-electron chi connectivity index (χ3n) is 2.74. The average Bonchev–Trinajstić information content (AvgIpc) is 3.05. The van der Waals surface area contributed by atoms with E-state index >= 15 is 0 Å². The summed E-state index contributed by atoms with van der Waals surface area (Å²) in [5.74, 6) is 0.114. The van der Waals surface area contributed by atoms with E-state index in [0.717, 1.165) is 5.56 Å². The van der Waals surface area contributed by atoms with Crippen molar-refractivity contribution in [1.82, 2.24) is 0 Å². The van der Waals surface area contributed by atoms with Gasteiger partial charge in [-0.25, -0.2) is 0 Å². The molecule has 4 heteroatoms. The van der Waals surface area contributed by atoms with Crippen LogP contribution in [0.1, 0.15) is 11.7 Å². The SMILES string of the molecule is COCC1(C(=N)OC)OC1c1ccccc1. The van der Waals surface area contributed by atoms with Gasteiger partial charge < -0.3 is 14.2 Å². The summed E-state index contributed by atoms with van der Waals surface area (Å²) in [7, 11) is 3.07. The van der Waals surface area contributed by atoms with E-state index in [9.17, 15) is 0 Å². The van der Waals surface area contributed by atoms with Gasteiger partial charge in [0.25, 0.3) is 0 Å². The van der Waals surface area contributed by atoms with Gasteiger partial charge in [-0.3, -0.25) is 5.41 Å². The number of ether oxygens (including phenoxy) is 3. The standard InChI is InChI=1S/C12H15NO3/c1-14-8-12(11(13)15-2)10(16-12)9-6-4-3-5-7-9/h3-7,10,13H,8H2,1-2H3. The minimum Gasteiger partial charge on any atom is -0.482 e. The van der Waals surface area contributed by atoms with Gasteiger partial charge in [-0.15, -0.1) is 0 Å². The summed E-state index contributed by atoms with van der Waals surface area (Å²) in [4.78, 5) is 0. The molecule has 0 radical (unpaired) electrons. The van der Waals surface area contributed by atoms with Crippen LogP contribution in [0, 0.1) is 5.41 Å². The molecule has 1 aliphatic heterocycles. The largest absolute Gasteiger partial charge is 0.482 e. The van der Waals surface area contributed by atoms with Crippen LogP contribution in [-0.2, 0) is 14.2 Å². The first-order valence-corrected chi connectivity index (χ1v) is 5.09. The Labute approximate surface area is 94.6 Å². The Morgan fingerprint density at radius 2 is 2.06 bits per heavy atom. The molecule has 1 aliphatic rings. The molecule has 1 aromatic rings. The molecule has 0 aromatic heterocycles. The van der Waals surface area contributed by atoms with E-state index in [1.165, 1.54) is 7.11 Å². The molecule has 86 valence electrons. The van der Waals surface area contributed by atoms with Crippen molar-refractivity contribution in [2.24, 2.45) is 0 Å². The second kappa shape index (κ2) is 4.23. The van der Waals surface area contributed by atoms with Crippen LogP contribution in [0.3, 0.4) is 0 Å². The Balaban J connectivity index is 2.19. The van der Waals surface area contributed by atoms with E-state index in [-0.39, 0.29) is 12.0 Å². The molecule has 1 heterocycles. The summed E-state index contributed by atoms with van der Waals surface area (Å²) in [5.41, 5.74) is 0.312. The van der Waals surface area contributed by atoms with Crippen LogP contribution in [0.4, 0.5) is 0 Å². The molecular weight excluding hydrogens is 206 g/mol. The first kappa shape index (κ1) is 11.1. The molecule has 0 spiro atoms. The number of rotatable bonds is 4. The molecule has 1 saturated heterocycles. The third-order valence-corrected chi connectivity index (χ3v) is 2.74. The fourth-order valence-electron chi connectivity index (χ4n) is 1.88. The average molecular weight is 221 g/mol. The first-order chi connectivity index (χ1) is 7.74. The highest BCUT2D eigenvalue weighted by Gasteiger charge is 2.62. The van der Waals surface area contributed by atoms with Crippen molar-refractivity contribution in [3.05, 3.63) is 35.9 Å². The van der Waals surface area contributed by atoms with Crippen LogP contribution in [0.2, 0.25) is 0 Å². The summed E-state index contributed by atoms with van der Waals surface area (Å²) < 4.78 is 15.7. The van der Waals surface area contributed by atoms with Crippen molar-refractivity contribution in [2.75, 3.05) is 20.8 Å². The van der Waals surface area contributed by atoms with Crippen molar-refractivity contribution < 1.29 is 14.2 Å². The van der Waals surface area contributed by atoms with Crippen LogP contribution in [0.15, 0.2) is 30.3 Å². The first-order valence-electron chi connectivity index (χ1n) is 5.09. The van der Waals surface area contributed by atoms with Crippen LogP contribution in [0.25, 0.3) is 0 Å². The summed E-state index contributed by atoms with van der Waals surface area (Å²) in [6.45, 7) is 0.333. The van der Waals surface area contributed by atoms with Crippen molar-refractivity contribution in [3.63, 3.8) is 0 Å². The molecule has 0 aliphatic carbocycles. The van der Waals surface area contributed by atoms with Gasteiger partial charge >= 0.3 is 0 Å². The second-order valence-corrected chi connectivity index (χ2v) is 3.76. The van der Waals surface area contributed by atoms with Crippen LogP contribution < -0.4 is 0 Å². The van der Waals surface area contributed by atoms with Crippen molar-refractivity contribution >= 4 is 5.90 Å². The topological polar surface area (TPSA) is 54.8 Å². The van der Waals surface area contributed by atoms with Gasteiger partial charge in [-0.2, -0.15) is 0 Å². The lowest BCUT2D eigenvalue weighted by atomic mass is 10.00. The molecule has 16 heavy (non-hydrogen) atoms. The van der Waals surface area contributed by atoms with Crippen LogP contribution >= 0.6 is 0 Å². The molecule has 1 fully saturated rings. The molecule has 0 amide bonds. The Bertz CT molecular complexity index is 379. The Hall–Kier alpha value is -1.39. The zero-order valence-electron chi connectivity index (χ0n) is 9.40. The Kier molecular flexibility index (Phi) is 2.94. The number of nitrogens with one attached hydrogen (secondary N) is 1. The van der Waals surface area contributed by atoms with E-state index in [0.29, 0.717) is 6.61 Å². The molecular formula is C12H15NO3. The number of benzene rings is 1. The van der Waals surface area contributed by atoms with Crippen molar-refractivity contribution in [2.45, 2.75) is 11.7 Å². The fraction of sp³-hybridized carbons (Fsp3) is 0.417. The van der Waals surface area contributed by atoms with Crippen LogP contribution in [-0.4, -0.2) is 32.3 Å². The number of hydrogen-bond donors (Lipinski definition) is 1. The van der Waals surface area contributed by atoms with Gasteiger partial charge in [0.15, 0.2) is 5.60 Å². The lowest BCUT2D eigenvalue weighted by Crippen LogP contribution is -2.31. The van der Waals surface area contributed by atoms with Gasteiger partial charge in [-0.05, 0) is 5.56 Å². The molecule has 2 rings (SSSR count). The molecule has 0 saturated carbocycles. The smallest absolute Gasteiger partial charge is 0.219 e. The fourth-order valence-corrected chi connectivity index (χ4v) is 1.88. The number of hydrogen-bond acceptors (Lipinski definition) is 4. The van der Waals surface area contributed by atoms with Crippen LogP contribution in [0.5, 0.6) is 0 Å². The minimum absolute atomic E-state index is 0.114. The molecule has 1 N–H and O–H groups in total. The molecule has 1 aromatic carbocycles. The monoisotopic (exact) mass is 221 g/mol. The lowest BCUT2D eigenvalue weighted by molar-refractivity contribution is 0.138. The summed E-state index contributed by atoms with van der Waals surface area (Å²) in [6.07, 6.45) is -0.138. The normalized spacial score (nSPS) is 27.5. The van der Waals surface area contributed by atoms with Gasteiger partial charge in [0, 0.05) is 7.11 Å². The van der Waals surface area contributed by atoms with Gasteiger partial charge in [0.1, 0.15) is 6.10 Å². The second-order valence-electron chi connectivity index (χ2n) is 3.76. The molecule has 2 unspecified atom stereocenters. The Morgan fingerprint density at radius 3 is 2.62 bits per heavy atom. The maximum atomic E-state index is 7.76. The molecule has 2 atom stereocenters. The summed E-state index contributed by atoms with van der Waals surface area (Å²) in [6, 6.07) is 9.80. The zero-order valence-corrected chi connectivity index (χ0v) is 9.40. The molecule has 0 bridgehead atoms. The highest BCUT2D eigenvalue weighted by atomic mass is 16.7. The minimum atomic E-state index is -0.731. The van der Waals surface area contributed by atoms with Crippen molar-refractivity contribution in [1.29, 1.82) is 5.41 Å². The van der Waals surface area contributed by atoms with E-state index in [1.807, 2.05) is 30.3 Å². The van der Waals surface area contributed by atoms with E-state index < -0.39 is 5.60 Å². The number of epoxide rings is 1. The van der Waals surface area contributed by atoms with Gasteiger partial charge in [-0.1, -0.05) is 30.3 Å². The maximum absolute atomic E-state index is 7.76. The Morgan fingerprint density at radius 1 is 1.38 bits per heavy atom. The lowest BCUT2D eigenvalue weighted by Gasteiger charge is -2.11. The maximum Gasteiger partial charge on any atom is 0.219 e. The number of methoxy groups -OCH3 is 2. The predicted molar refractivity (Wildman–Crippen MR) is 59.6 cm³/mol. The quantitative estimate of drug-likeness (QED) is 0.479. The van der Waals surface area contributed by atoms with E-state index in [4.69, 9.17) is 19.6 Å². The highest BCUT2D eigenvalue weighted by molar-refractivity contribution is 5.86. The highest BCUT2D eigenvalue weighted by Crippen LogP contribution is 2.50.